The quantitative estimate of drug-likeness (QED) is 0.604. The van der Waals surface area contributed by atoms with Crippen LogP contribution >= 0.6 is 0 Å². The standard InChI is InChI=1S/C19H21NO5/c1-3-10-24-18(22)15-14-8-9-19(25-14)11-20(17(21)16(15)19)12-4-6-13(23-2)7-5-12/h4-9,14-16H,3,10-11H2,1-2H3/t14-,15-,16-,19+/m1/s1. The van der Waals surface area contributed by atoms with Gasteiger partial charge in [-0.1, -0.05) is 19.1 Å². The molecule has 3 aliphatic rings. The average Bonchev–Trinajstić information content (AvgIpc) is 3.28. The molecule has 3 heterocycles. The minimum absolute atomic E-state index is 0.0875. The number of fused-ring (bicyclic) bond motifs is 1. The lowest BCUT2D eigenvalue weighted by Gasteiger charge is -2.22. The number of methoxy groups -OCH3 is 1. The number of ether oxygens (including phenoxy) is 3. The van der Waals surface area contributed by atoms with E-state index in [1.807, 2.05) is 43.3 Å². The average molecular weight is 343 g/mol. The van der Waals surface area contributed by atoms with E-state index in [0.717, 1.165) is 17.9 Å². The molecule has 1 aromatic rings. The van der Waals surface area contributed by atoms with E-state index >= 15 is 0 Å². The zero-order valence-corrected chi connectivity index (χ0v) is 14.3. The molecule has 2 saturated heterocycles. The molecule has 0 aromatic heterocycles. The van der Waals surface area contributed by atoms with Crippen molar-refractivity contribution in [2.75, 3.05) is 25.2 Å². The zero-order valence-electron chi connectivity index (χ0n) is 14.3. The normalized spacial score (nSPS) is 32.2. The van der Waals surface area contributed by atoms with E-state index in [0.29, 0.717) is 13.2 Å². The van der Waals surface area contributed by atoms with Gasteiger partial charge in [0, 0.05) is 5.69 Å². The van der Waals surface area contributed by atoms with Crippen molar-refractivity contribution in [1.82, 2.24) is 0 Å². The molecule has 2 fully saturated rings. The van der Waals surface area contributed by atoms with Crippen LogP contribution in [0.4, 0.5) is 5.69 Å². The van der Waals surface area contributed by atoms with Crippen molar-refractivity contribution in [3.8, 4) is 5.75 Å². The van der Waals surface area contributed by atoms with E-state index in [-0.39, 0.29) is 18.0 Å². The van der Waals surface area contributed by atoms with Crippen LogP contribution in [0.3, 0.4) is 0 Å². The summed E-state index contributed by atoms with van der Waals surface area (Å²) in [4.78, 5) is 27.3. The molecule has 0 N–H and O–H groups in total. The first-order chi connectivity index (χ1) is 12.1. The molecule has 1 aromatic carbocycles. The number of carbonyl (C=O) groups excluding carboxylic acids is 2. The molecule has 1 amide bonds. The Morgan fingerprint density at radius 3 is 2.80 bits per heavy atom. The lowest BCUT2D eigenvalue weighted by atomic mass is 9.77. The molecular formula is C19H21NO5. The van der Waals surface area contributed by atoms with Crippen LogP contribution in [0.5, 0.6) is 5.75 Å². The highest BCUT2D eigenvalue weighted by Gasteiger charge is 2.67. The van der Waals surface area contributed by atoms with Crippen molar-refractivity contribution in [2.45, 2.75) is 25.0 Å². The first kappa shape index (κ1) is 16.1. The highest BCUT2D eigenvalue weighted by molar-refractivity contribution is 6.02. The summed E-state index contributed by atoms with van der Waals surface area (Å²) in [5, 5.41) is 0. The zero-order chi connectivity index (χ0) is 17.6. The summed E-state index contributed by atoms with van der Waals surface area (Å²) in [7, 11) is 1.60. The van der Waals surface area contributed by atoms with Gasteiger partial charge in [-0.15, -0.1) is 0 Å². The second-order valence-electron chi connectivity index (χ2n) is 6.69. The van der Waals surface area contributed by atoms with Crippen molar-refractivity contribution >= 4 is 17.6 Å². The molecule has 3 aliphatic heterocycles. The lowest BCUT2D eigenvalue weighted by Crippen LogP contribution is -2.40. The van der Waals surface area contributed by atoms with Crippen molar-refractivity contribution < 1.29 is 23.8 Å². The number of amides is 1. The van der Waals surface area contributed by atoms with Crippen LogP contribution in [0, 0.1) is 11.8 Å². The smallest absolute Gasteiger partial charge is 0.312 e. The third-order valence-corrected chi connectivity index (χ3v) is 5.21. The van der Waals surface area contributed by atoms with Crippen LogP contribution in [-0.4, -0.2) is 43.8 Å². The molecule has 0 saturated carbocycles. The molecular weight excluding hydrogens is 322 g/mol. The Hall–Kier alpha value is -2.34. The molecule has 0 radical (unpaired) electrons. The summed E-state index contributed by atoms with van der Waals surface area (Å²) in [6.07, 6.45) is 4.21. The van der Waals surface area contributed by atoms with Crippen LogP contribution in [0.2, 0.25) is 0 Å². The maximum absolute atomic E-state index is 13.1. The predicted molar refractivity (Wildman–Crippen MR) is 90.3 cm³/mol. The molecule has 2 bridgehead atoms. The maximum atomic E-state index is 13.1. The van der Waals surface area contributed by atoms with Gasteiger partial charge >= 0.3 is 5.97 Å². The third-order valence-electron chi connectivity index (χ3n) is 5.21. The number of nitrogens with zero attached hydrogens (tertiary/aromatic N) is 1. The highest BCUT2D eigenvalue weighted by Crippen LogP contribution is 2.52. The predicted octanol–water partition coefficient (Wildman–Crippen LogP) is 1.93. The number of esters is 1. The van der Waals surface area contributed by atoms with Gasteiger partial charge in [0.25, 0.3) is 0 Å². The van der Waals surface area contributed by atoms with Crippen LogP contribution in [0.25, 0.3) is 0 Å². The molecule has 4 rings (SSSR count). The van der Waals surface area contributed by atoms with Crippen LogP contribution in [0.1, 0.15) is 13.3 Å². The van der Waals surface area contributed by atoms with Gasteiger partial charge in [-0.25, -0.2) is 0 Å². The fourth-order valence-corrected chi connectivity index (χ4v) is 4.05. The monoisotopic (exact) mass is 343 g/mol. The van der Waals surface area contributed by atoms with Crippen LogP contribution in [-0.2, 0) is 19.1 Å². The van der Waals surface area contributed by atoms with E-state index in [2.05, 4.69) is 0 Å². The van der Waals surface area contributed by atoms with Crippen LogP contribution in [0.15, 0.2) is 36.4 Å². The minimum atomic E-state index is -0.725. The molecule has 6 heteroatoms. The number of hydrogen-bond donors (Lipinski definition) is 0. The summed E-state index contributed by atoms with van der Waals surface area (Å²) in [5.74, 6) is -0.781. The molecule has 4 atom stereocenters. The number of anilines is 1. The fourth-order valence-electron chi connectivity index (χ4n) is 4.05. The molecule has 1 spiro atoms. The second-order valence-corrected chi connectivity index (χ2v) is 6.69. The van der Waals surface area contributed by atoms with Gasteiger partial charge in [-0.3, -0.25) is 9.59 Å². The molecule has 0 unspecified atom stereocenters. The molecule has 132 valence electrons. The largest absolute Gasteiger partial charge is 0.497 e. The van der Waals surface area contributed by atoms with Crippen molar-refractivity contribution in [3.63, 3.8) is 0 Å². The summed E-state index contributed by atoms with van der Waals surface area (Å²) < 4.78 is 16.5. The Bertz CT molecular complexity index is 728. The minimum Gasteiger partial charge on any atom is -0.497 e. The lowest BCUT2D eigenvalue weighted by molar-refractivity contribution is -0.152. The number of rotatable bonds is 5. The number of hydrogen-bond acceptors (Lipinski definition) is 5. The summed E-state index contributed by atoms with van der Waals surface area (Å²) in [6, 6.07) is 7.31. The van der Waals surface area contributed by atoms with Crippen molar-refractivity contribution in [2.24, 2.45) is 11.8 Å². The SMILES string of the molecule is CCCOC(=O)[C@@H]1[C@H]2C=C[C@@]3(CN(c4ccc(OC)cc4)C(=O)[C@@H]13)O2. The Labute approximate surface area is 146 Å². The van der Waals surface area contributed by atoms with Crippen LogP contribution < -0.4 is 9.64 Å². The maximum Gasteiger partial charge on any atom is 0.312 e. The number of benzene rings is 1. The Kier molecular flexibility index (Phi) is 3.80. The van der Waals surface area contributed by atoms with Gasteiger partial charge in [0.2, 0.25) is 5.91 Å². The van der Waals surface area contributed by atoms with Gasteiger partial charge in [0.15, 0.2) is 0 Å². The molecule has 25 heavy (non-hydrogen) atoms. The van der Waals surface area contributed by atoms with Crippen molar-refractivity contribution in [1.29, 1.82) is 0 Å². The summed E-state index contributed by atoms with van der Waals surface area (Å²) in [5.41, 5.74) is 0.0492. The van der Waals surface area contributed by atoms with Gasteiger partial charge in [0.1, 0.15) is 17.3 Å². The molecule has 6 nitrogen and oxygen atoms in total. The van der Waals surface area contributed by atoms with Gasteiger partial charge < -0.3 is 19.1 Å². The fraction of sp³-hybridized carbons (Fsp3) is 0.474. The van der Waals surface area contributed by atoms with E-state index in [9.17, 15) is 9.59 Å². The van der Waals surface area contributed by atoms with E-state index in [4.69, 9.17) is 14.2 Å². The Morgan fingerprint density at radius 1 is 1.36 bits per heavy atom. The van der Waals surface area contributed by atoms with Gasteiger partial charge in [-0.2, -0.15) is 0 Å². The molecule has 0 aliphatic carbocycles. The number of carbonyl (C=O) groups is 2. The third kappa shape index (κ3) is 2.35. The highest BCUT2D eigenvalue weighted by atomic mass is 16.6. The Balaban J connectivity index is 1.61. The van der Waals surface area contributed by atoms with E-state index in [1.54, 1.807) is 12.0 Å². The first-order valence-corrected chi connectivity index (χ1v) is 8.59. The topological polar surface area (TPSA) is 65.1 Å². The van der Waals surface area contributed by atoms with E-state index in [1.165, 1.54) is 0 Å². The Morgan fingerprint density at radius 2 is 2.12 bits per heavy atom. The van der Waals surface area contributed by atoms with Gasteiger partial charge in [0.05, 0.1) is 32.3 Å². The summed E-state index contributed by atoms with van der Waals surface area (Å²) in [6.45, 7) is 2.72. The van der Waals surface area contributed by atoms with E-state index < -0.39 is 17.4 Å². The summed E-state index contributed by atoms with van der Waals surface area (Å²) >= 11 is 0. The van der Waals surface area contributed by atoms with Gasteiger partial charge in [-0.05, 0) is 30.7 Å². The van der Waals surface area contributed by atoms with Crippen molar-refractivity contribution in [3.05, 3.63) is 36.4 Å². The second kappa shape index (κ2) is 5.88. The first-order valence-electron chi connectivity index (χ1n) is 8.59.